The molecular weight excluding hydrogens is 306 g/mol. The highest BCUT2D eigenvalue weighted by molar-refractivity contribution is 7.15. The minimum Gasteiger partial charge on any atom is -0.383 e. The summed E-state index contributed by atoms with van der Waals surface area (Å²) in [6, 6.07) is 16.7. The molecule has 2 heterocycles. The molecule has 3 N–H and O–H groups in total. The zero-order valence-electron chi connectivity index (χ0n) is 12.3. The summed E-state index contributed by atoms with van der Waals surface area (Å²) in [5.74, 6) is 0.292. The van der Waals surface area contributed by atoms with Gasteiger partial charge in [0.25, 0.3) is 5.91 Å². The van der Waals surface area contributed by atoms with Crippen LogP contribution in [0.1, 0.15) is 20.1 Å². The number of thiophene rings is 1. The number of aromatic nitrogens is 1. The lowest BCUT2D eigenvalue weighted by Crippen LogP contribution is -2.09. The molecule has 0 unspecified atom stereocenters. The highest BCUT2D eigenvalue weighted by Gasteiger charge is 2.13. The third-order valence-electron chi connectivity index (χ3n) is 3.32. The largest absolute Gasteiger partial charge is 0.383 e. The summed E-state index contributed by atoms with van der Waals surface area (Å²) in [7, 11) is 0. The topological polar surface area (TPSA) is 68.0 Å². The third-order valence-corrected chi connectivity index (χ3v) is 4.47. The first-order valence-corrected chi connectivity index (χ1v) is 7.83. The van der Waals surface area contributed by atoms with Gasteiger partial charge in [-0.3, -0.25) is 4.79 Å². The number of nitrogen functional groups attached to an aromatic ring is 1. The molecule has 0 spiro atoms. The summed E-state index contributed by atoms with van der Waals surface area (Å²) < 4.78 is 0. The second-order valence-corrected chi connectivity index (χ2v) is 5.98. The molecule has 0 fully saturated rings. The summed E-state index contributed by atoms with van der Waals surface area (Å²) in [5, 5.41) is 2.87. The number of benzene rings is 1. The van der Waals surface area contributed by atoms with E-state index in [0.29, 0.717) is 10.7 Å². The smallest absolute Gasteiger partial charge is 0.265 e. The third kappa shape index (κ3) is 3.30. The fraction of sp³-hybridized carbons (Fsp3) is 0. The van der Waals surface area contributed by atoms with E-state index in [0.717, 1.165) is 21.7 Å². The number of anilines is 2. The molecule has 0 bridgehead atoms. The van der Waals surface area contributed by atoms with Crippen molar-refractivity contribution in [3.8, 4) is 0 Å². The number of carbonyl (C=O) groups is 1. The van der Waals surface area contributed by atoms with Crippen molar-refractivity contribution in [3.05, 3.63) is 82.7 Å². The van der Waals surface area contributed by atoms with Gasteiger partial charge in [0.15, 0.2) is 0 Å². The number of nitrogens with two attached hydrogens (primary N) is 1. The Balaban J connectivity index is 1.79. The zero-order valence-corrected chi connectivity index (χ0v) is 13.1. The molecule has 2 aromatic heterocycles. The molecule has 3 aromatic rings. The van der Waals surface area contributed by atoms with E-state index >= 15 is 0 Å². The van der Waals surface area contributed by atoms with Crippen LogP contribution in [0.15, 0.2) is 67.4 Å². The van der Waals surface area contributed by atoms with Gasteiger partial charge in [0.05, 0.1) is 4.88 Å². The van der Waals surface area contributed by atoms with Gasteiger partial charge in [-0.1, -0.05) is 24.8 Å². The Morgan fingerprint density at radius 1 is 1.04 bits per heavy atom. The number of amides is 1. The van der Waals surface area contributed by atoms with E-state index in [9.17, 15) is 4.79 Å². The first-order valence-electron chi connectivity index (χ1n) is 7.01. The fourth-order valence-corrected chi connectivity index (χ4v) is 3.03. The van der Waals surface area contributed by atoms with Crippen molar-refractivity contribution in [1.82, 2.24) is 4.98 Å². The van der Waals surface area contributed by atoms with Crippen LogP contribution >= 0.6 is 11.3 Å². The fourth-order valence-electron chi connectivity index (χ4n) is 2.14. The molecule has 0 aliphatic carbocycles. The Kier molecular flexibility index (Phi) is 4.21. The van der Waals surface area contributed by atoms with Crippen molar-refractivity contribution < 1.29 is 4.79 Å². The van der Waals surface area contributed by atoms with Gasteiger partial charge in [-0.2, -0.15) is 0 Å². The Bertz CT molecular complexity index is 855. The van der Waals surface area contributed by atoms with E-state index in [2.05, 4.69) is 16.9 Å². The van der Waals surface area contributed by atoms with Crippen molar-refractivity contribution in [2.75, 3.05) is 11.1 Å². The van der Waals surface area contributed by atoms with Crippen LogP contribution in [-0.4, -0.2) is 10.9 Å². The maximum absolute atomic E-state index is 12.3. The quantitative estimate of drug-likeness (QED) is 0.762. The lowest BCUT2D eigenvalue weighted by Gasteiger charge is -2.05. The Labute approximate surface area is 138 Å². The molecule has 0 aliphatic heterocycles. The second-order valence-electron chi connectivity index (χ2n) is 4.90. The van der Waals surface area contributed by atoms with Crippen LogP contribution in [0.3, 0.4) is 0 Å². The van der Waals surface area contributed by atoms with E-state index in [1.165, 1.54) is 11.3 Å². The van der Waals surface area contributed by atoms with E-state index in [4.69, 9.17) is 5.73 Å². The summed E-state index contributed by atoms with van der Waals surface area (Å²) in [5.41, 5.74) is 8.19. The molecule has 0 aliphatic rings. The Hall–Kier alpha value is -2.92. The van der Waals surface area contributed by atoms with Gasteiger partial charge < -0.3 is 11.1 Å². The molecule has 5 heteroatoms. The summed E-state index contributed by atoms with van der Waals surface area (Å²) in [6.07, 6.45) is 1.64. The Morgan fingerprint density at radius 2 is 1.78 bits per heavy atom. The van der Waals surface area contributed by atoms with Gasteiger partial charge >= 0.3 is 0 Å². The lowest BCUT2D eigenvalue weighted by molar-refractivity contribution is 0.103. The van der Waals surface area contributed by atoms with E-state index in [1.54, 1.807) is 12.3 Å². The molecule has 0 atom stereocenters. The molecule has 3 rings (SSSR count). The van der Waals surface area contributed by atoms with Crippen molar-refractivity contribution in [1.29, 1.82) is 0 Å². The predicted octanol–water partition coefficient (Wildman–Crippen LogP) is 4.04. The number of hydrogen-bond donors (Lipinski definition) is 2. The molecule has 0 radical (unpaired) electrons. The minimum absolute atomic E-state index is 0.139. The maximum Gasteiger partial charge on any atom is 0.265 e. The SMILES string of the molecule is C=C(c1ccc(C(=O)Nc2ccccc2)s1)c1cccnc1N. The molecule has 23 heavy (non-hydrogen) atoms. The van der Waals surface area contributed by atoms with E-state index in [1.807, 2.05) is 48.5 Å². The average Bonchev–Trinajstić information content (AvgIpc) is 3.06. The highest BCUT2D eigenvalue weighted by Crippen LogP contribution is 2.30. The number of nitrogens with one attached hydrogen (secondary N) is 1. The zero-order chi connectivity index (χ0) is 16.2. The van der Waals surface area contributed by atoms with Crippen molar-refractivity contribution >= 4 is 34.3 Å². The van der Waals surface area contributed by atoms with Crippen LogP contribution in [0.2, 0.25) is 0 Å². The van der Waals surface area contributed by atoms with Gasteiger partial charge in [0.1, 0.15) is 5.82 Å². The number of pyridine rings is 1. The maximum atomic E-state index is 12.3. The first-order chi connectivity index (χ1) is 11.1. The van der Waals surface area contributed by atoms with Crippen molar-refractivity contribution in [2.24, 2.45) is 0 Å². The van der Waals surface area contributed by atoms with Gasteiger partial charge in [-0.15, -0.1) is 11.3 Å². The van der Waals surface area contributed by atoms with Gasteiger partial charge in [-0.05, 0) is 42.0 Å². The first kappa shape index (κ1) is 15.0. The molecule has 0 saturated carbocycles. The van der Waals surface area contributed by atoms with E-state index in [-0.39, 0.29) is 5.91 Å². The minimum atomic E-state index is -0.139. The normalized spacial score (nSPS) is 10.3. The van der Waals surface area contributed by atoms with E-state index < -0.39 is 0 Å². The number of nitrogens with zero attached hydrogens (tertiary/aromatic N) is 1. The van der Waals surface area contributed by atoms with Crippen LogP contribution in [0.25, 0.3) is 5.57 Å². The van der Waals surface area contributed by atoms with Crippen molar-refractivity contribution in [3.63, 3.8) is 0 Å². The van der Waals surface area contributed by atoms with Gasteiger partial charge in [-0.25, -0.2) is 4.98 Å². The standard InChI is InChI=1S/C18H15N3OS/c1-12(14-8-5-11-20-17(14)19)15-9-10-16(23-15)18(22)21-13-6-3-2-4-7-13/h2-11H,1H2,(H2,19,20)(H,21,22). The highest BCUT2D eigenvalue weighted by atomic mass is 32.1. The Morgan fingerprint density at radius 3 is 2.52 bits per heavy atom. The number of rotatable bonds is 4. The number of carbonyl (C=O) groups excluding carboxylic acids is 1. The monoisotopic (exact) mass is 321 g/mol. The molecule has 1 aromatic carbocycles. The molecule has 114 valence electrons. The van der Waals surface area contributed by atoms with Crippen molar-refractivity contribution in [2.45, 2.75) is 0 Å². The van der Waals surface area contributed by atoms with Gasteiger partial charge in [0.2, 0.25) is 0 Å². The average molecular weight is 321 g/mol. The van der Waals surface area contributed by atoms with Crippen LogP contribution in [-0.2, 0) is 0 Å². The van der Waals surface area contributed by atoms with Crippen LogP contribution in [0.5, 0.6) is 0 Å². The number of para-hydroxylation sites is 1. The predicted molar refractivity (Wildman–Crippen MR) is 95.5 cm³/mol. The van der Waals surface area contributed by atoms with Crippen LogP contribution in [0, 0.1) is 0 Å². The molecule has 1 amide bonds. The second kappa shape index (κ2) is 6.46. The molecular formula is C18H15N3OS. The number of hydrogen-bond acceptors (Lipinski definition) is 4. The summed E-state index contributed by atoms with van der Waals surface area (Å²) in [6.45, 7) is 4.07. The lowest BCUT2D eigenvalue weighted by atomic mass is 10.1. The molecule has 4 nitrogen and oxygen atoms in total. The van der Waals surface area contributed by atoms with Crippen LogP contribution < -0.4 is 11.1 Å². The van der Waals surface area contributed by atoms with Gasteiger partial charge in [0, 0.05) is 22.3 Å². The van der Waals surface area contributed by atoms with Crippen LogP contribution in [0.4, 0.5) is 11.5 Å². The summed E-state index contributed by atoms with van der Waals surface area (Å²) >= 11 is 1.38. The molecule has 0 saturated heterocycles. The summed E-state index contributed by atoms with van der Waals surface area (Å²) in [4.78, 5) is 17.9.